The number of carbonyl (C=O) groups excluding carboxylic acids is 2. The van der Waals surface area contributed by atoms with Crippen LogP contribution in [0.1, 0.15) is 0 Å². The van der Waals surface area contributed by atoms with Gasteiger partial charge in [-0.3, -0.25) is 4.79 Å². The highest BCUT2D eigenvalue weighted by molar-refractivity contribution is 6.30. The summed E-state index contributed by atoms with van der Waals surface area (Å²) in [6, 6.07) is 13.3. The van der Waals surface area contributed by atoms with Crippen molar-refractivity contribution in [1.82, 2.24) is 10.2 Å². The first-order valence-electron chi connectivity index (χ1n) is 9.12. The Morgan fingerprint density at radius 2 is 1.70 bits per heavy atom. The topological polar surface area (TPSA) is 113 Å². The maximum absolute atomic E-state index is 12.1. The average Bonchev–Trinajstić information content (AvgIpc) is 3.09. The Hall–Kier alpha value is -3.77. The van der Waals surface area contributed by atoms with Crippen LogP contribution in [0.25, 0.3) is 0 Å². The van der Waals surface area contributed by atoms with E-state index in [4.69, 9.17) is 16.9 Å². The Morgan fingerprint density at radius 1 is 1.07 bits per heavy atom. The standard InChI is InChI=1S/C20H20ClN7O2/c1-27-10-11-28(20(27)24-13-22)17-8-6-15(7-9-17)25-18(29)12-23-19(30)26-16-4-2-14(21)3-5-16/h2-9H,10-12H2,1H3,(H,25,29)(H2,23,26,30)/b24-20+. The van der Waals surface area contributed by atoms with E-state index in [2.05, 4.69) is 20.9 Å². The van der Waals surface area contributed by atoms with E-state index in [0.29, 0.717) is 22.4 Å². The van der Waals surface area contributed by atoms with Crippen LogP contribution in [0.3, 0.4) is 0 Å². The van der Waals surface area contributed by atoms with Gasteiger partial charge in [0.1, 0.15) is 0 Å². The van der Waals surface area contributed by atoms with Crippen LogP contribution >= 0.6 is 11.6 Å². The van der Waals surface area contributed by atoms with Gasteiger partial charge in [-0.25, -0.2) is 4.79 Å². The second kappa shape index (κ2) is 9.62. The molecule has 2 aromatic rings. The summed E-state index contributed by atoms with van der Waals surface area (Å²) in [5, 5.41) is 17.2. The van der Waals surface area contributed by atoms with E-state index in [-0.39, 0.29) is 12.5 Å². The van der Waals surface area contributed by atoms with Gasteiger partial charge in [0.05, 0.1) is 6.54 Å². The zero-order valence-corrected chi connectivity index (χ0v) is 17.0. The maximum atomic E-state index is 12.1. The van der Waals surface area contributed by atoms with E-state index in [0.717, 1.165) is 18.8 Å². The molecule has 0 radical (unpaired) electrons. The molecule has 0 spiro atoms. The highest BCUT2D eigenvalue weighted by Crippen LogP contribution is 2.22. The number of aliphatic imine (C=N–C) groups is 1. The Bertz CT molecular complexity index is 984. The normalized spacial score (nSPS) is 14.4. The Labute approximate surface area is 178 Å². The molecule has 0 aliphatic carbocycles. The monoisotopic (exact) mass is 425 g/mol. The van der Waals surface area contributed by atoms with Gasteiger partial charge in [-0.1, -0.05) is 11.6 Å². The number of nitrogens with zero attached hydrogens (tertiary/aromatic N) is 4. The van der Waals surface area contributed by atoms with Gasteiger partial charge in [-0.2, -0.15) is 5.26 Å². The summed E-state index contributed by atoms with van der Waals surface area (Å²) in [4.78, 5) is 31.7. The van der Waals surface area contributed by atoms with Crippen molar-refractivity contribution in [1.29, 1.82) is 5.26 Å². The van der Waals surface area contributed by atoms with Crippen LogP contribution in [0.15, 0.2) is 53.5 Å². The first-order chi connectivity index (χ1) is 14.5. The molecule has 3 rings (SSSR count). The van der Waals surface area contributed by atoms with Gasteiger partial charge in [0.2, 0.25) is 18.1 Å². The third kappa shape index (κ3) is 5.40. The number of benzene rings is 2. The molecule has 1 heterocycles. The summed E-state index contributed by atoms with van der Waals surface area (Å²) >= 11 is 5.80. The molecule has 2 aromatic carbocycles. The molecule has 0 bridgehead atoms. The Balaban J connectivity index is 1.50. The number of urea groups is 1. The lowest BCUT2D eigenvalue weighted by Crippen LogP contribution is -2.35. The van der Waals surface area contributed by atoms with Crippen molar-refractivity contribution in [3.63, 3.8) is 0 Å². The van der Waals surface area contributed by atoms with Crippen LogP contribution in [0.5, 0.6) is 0 Å². The molecular weight excluding hydrogens is 406 g/mol. The quantitative estimate of drug-likeness (QED) is 0.637. The van der Waals surface area contributed by atoms with E-state index in [9.17, 15) is 9.59 Å². The van der Waals surface area contributed by atoms with E-state index in [1.165, 1.54) is 0 Å². The molecule has 0 atom stereocenters. The molecule has 30 heavy (non-hydrogen) atoms. The minimum absolute atomic E-state index is 0.183. The Morgan fingerprint density at radius 3 is 2.37 bits per heavy atom. The fourth-order valence-corrected chi connectivity index (χ4v) is 3.02. The summed E-state index contributed by atoms with van der Waals surface area (Å²) in [6.07, 6.45) is 1.82. The van der Waals surface area contributed by atoms with Gasteiger partial charge in [0.25, 0.3) is 0 Å². The SMILES string of the molecule is CN1CCN(c2ccc(NC(=O)CNC(=O)Nc3ccc(Cl)cc3)cc2)/C1=N/C#N. The zero-order valence-electron chi connectivity index (χ0n) is 16.2. The number of hydrogen-bond acceptors (Lipinski definition) is 4. The summed E-state index contributed by atoms with van der Waals surface area (Å²) < 4.78 is 0. The molecule has 1 saturated heterocycles. The van der Waals surface area contributed by atoms with E-state index < -0.39 is 6.03 Å². The second-order valence-corrected chi connectivity index (χ2v) is 6.93. The van der Waals surface area contributed by atoms with Crippen LogP contribution in [0.4, 0.5) is 21.9 Å². The molecule has 3 N–H and O–H groups in total. The summed E-state index contributed by atoms with van der Waals surface area (Å²) in [6.45, 7) is 1.30. The Kier molecular flexibility index (Phi) is 6.72. The minimum Gasteiger partial charge on any atom is -0.343 e. The van der Waals surface area contributed by atoms with Gasteiger partial charge >= 0.3 is 6.03 Å². The number of amides is 3. The van der Waals surface area contributed by atoms with E-state index in [1.54, 1.807) is 36.4 Å². The number of anilines is 3. The van der Waals surface area contributed by atoms with Gasteiger partial charge in [0.15, 0.2) is 0 Å². The van der Waals surface area contributed by atoms with E-state index >= 15 is 0 Å². The van der Waals surface area contributed by atoms with Crippen molar-refractivity contribution in [2.75, 3.05) is 42.2 Å². The number of carbonyl (C=O) groups is 2. The highest BCUT2D eigenvalue weighted by atomic mass is 35.5. The number of likely N-dealkylation sites (N-methyl/N-ethyl adjacent to an activating group) is 1. The molecule has 1 fully saturated rings. The number of guanidine groups is 1. The van der Waals surface area contributed by atoms with E-state index in [1.807, 2.05) is 35.2 Å². The number of nitrogens with one attached hydrogen (secondary N) is 3. The van der Waals surface area contributed by atoms with Crippen LogP contribution in [-0.4, -0.2) is 49.5 Å². The fourth-order valence-electron chi connectivity index (χ4n) is 2.89. The predicted octanol–water partition coefficient (Wildman–Crippen LogP) is 2.69. The lowest BCUT2D eigenvalue weighted by molar-refractivity contribution is -0.115. The van der Waals surface area contributed by atoms with Crippen molar-refractivity contribution in [3.05, 3.63) is 53.6 Å². The first kappa shape index (κ1) is 21.0. The van der Waals surface area contributed by atoms with Gasteiger partial charge < -0.3 is 25.8 Å². The third-order valence-corrected chi connectivity index (χ3v) is 4.62. The second-order valence-electron chi connectivity index (χ2n) is 6.49. The molecular formula is C20H20ClN7O2. The molecule has 0 aromatic heterocycles. The number of halogens is 1. The molecule has 3 amide bonds. The zero-order chi connectivity index (χ0) is 21.5. The maximum Gasteiger partial charge on any atom is 0.319 e. The van der Waals surface area contributed by atoms with Crippen molar-refractivity contribution in [2.24, 2.45) is 4.99 Å². The van der Waals surface area contributed by atoms with Crippen molar-refractivity contribution in [3.8, 4) is 6.19 Å². The fraction of sp³-hybridized carbons (Fsp3) is 0.200. The molecule has 9 nitrogen and oxygen atoms in total. The van der Waals surface area contributed by atoms with Gasteiger partial charge in [0, 0.05) is 42.2 Å². The van der Waals surface area contributed by atoms with Crippen molar-refractivity contribution < 1.29 is 9.59 Å². The highest BCUT2D eigenvalue weighted by Gasteiger charge is 2.24. The van der Waals surface area contributed by atoms with Gasteiger partial charge in [-0.15, -0.1) is 4.99 Å². The lowest BCUT2D eigenvalue weighted by Gasteiger charge is -2.19. The first-order valence-corrected chi connectivity index (χ1v) is 9.50. The lowest BCUT2D eigenvalue weighted by atomic mass is 10.2. The van der Waals surface area contributed by atoms with Crippen molar-refractivity contribution >= 4 is 46.6 Å². The van der Waals surface area contributed by atoms with Gasteiger partial charge in [-0.05, 0) is 48.5 Å². The largest absolute Gasteiger partial charge is 0.343 e. The number of rotatable bonds is 5. The van der Waals surface area contributed by atoms with Crippen LogP contribution in [0.2, 0.25) is 5.02 Å². The number of hydrogen-bond donors (Lipinski definition) is 3. The average molecular weight is 426 g/mol. The van der Waals surface area contributed by atoms with Crippen LogP contribution in [-0.2, 0) is 4.79 Å². The summed E-state index contributed by atoms with van der Waals surface area (Å²) in [5.74, 6) is 0.229. The summed E-state index contributed by atoms with van der Waals surface area (Å²) in [5.41, 5.74) is 2.03. The molecule has 1 aliphatic heterocycles. The molecule has 0 unspecified atom stereocenters. The smallest absolute Gasteiger partial charge is 0.319 e. The predicted molar refractivity (Wildman–Crippen MR) is 117 cm³/mol. The molecule has 154 valence electrons. The molecule has 1 aliphatic rings. The summed E-state index contributed by atoms with van der Waals surface area (Å²) in [7, 11) is 1.88. The minimum atomic E-state index is -0.495. The third-order valence-electron chi connectivity index (χ3n) is 4.37. The van der Waals surface area contributed by atoms with Crippen LogP contribution in [0, 0.1) is 11.5 Å². The molecule has 10 heteroatoms. The van der Waals surface area contributed by atoms with Crippen LogP contribution < -0.4 is 20.9 Å². The molecule has 0 saturated carbocycles. The van der Waals surface area contributed by atoms with Crippen molar-refractivity contribution in [2.45, 2.75) is 0 Å². The number of nitriles is 1.